The number of ether oxygens (including phenoxy) is 2. The van der Waals surface area contributed by atoms with Crippen molar-refractivity contribution in [1.29, 1.82) is 0 Å². The molecule has 0 saturated heterocycles. The average molecular weight is 262 g/mol. The van der Waals surface area contributed by atoms with Gasteiger partial charge in [-0.15, -0.1) is 0 Å². The zero-order valence-electron chi connectivity index (χ0n) is 11.3. The van der Waals surface area contributed by atoms with E-state index in [9.17, 15) is 5.11 Å². The Morgan fingerprint density at radius 2 is 1.84 bits per heavy atom. The van der Waals surface area contributed by atoms with E-state index in [0.29, 0.717) is 23.7 Å². The van der Waals surface area contributed by atoms with E-state index in [4.69, 9.17) is 13.9 Å². The Morgan fingerprint density at radius 1 is 1.11 bits per heavy atom. The van der Waals surface area contributed by atoms with E-state index in [0.717, 1.165) is 11.3 Å². The van der Waals surface area contributed by atoms with Gasteiger partial charge in [0.05, 0.1) is 14.2 Å². The van der Waals surface area contributed by atoms with E-state index in [1.807, 2.05) is 31.2 Å². The van der Waals surface area contributed by atoms with Gasteiger partial charge in [-0.3, -0.25) is 0 Å². The highest BCUT2D eigenvalue weighted by atomic mass is 16.5. The molecule has 1 unspecified atom stereocenters. The van der Waals surface area contributed by atoms with Crippen LogP contribution in [0.4, 0.5) is 0 Å². The minimum absolute atomic E-state index is 0.466. The SMILES string of the molecule is COc1ccc(CC(O)c2ccc(C)o2)cc1OC. The predicted molar refractivity (Wildman–Crippen MR) is 71.7 cm³/mol. The second-order valence-electron chi connectivity index (χ2n) is 4.36. The van der Waals surface area contributed by atoms with Crippen molar-refractivity contribution in [2.75, 3.05) is 14.2 Å². The van der Waals surface area contributed by atoms with Crippen molar-refractivity contribution in [2.45, 2.75) is 19.4 Å². The number of aliphatic hydroxyl groups is 1. The Labute approximate surface area is 112 Å². The molecule has 19 heavy (non-hydrogen) atoms. The molecule has 0 aliphatic heterocycles. The van der Waals surface area contributed by atoms with Crippen LogP contribution in [0, 0.1) is 6.92 Å². The van der Waals surface area contributed by atoms with Crippen LogP contribution in [0.15, 0.2) is 34.7 Å². The maximum absolute atomic E-state index is 10.1. The molecule has 0 radical (unpaired) electrons. The molecular formula is C15H18O4. The van der Waals surface area contributed by atoms with E-state index < -0.39 is 6.10 Å². The number of furan rings is 1. The molecule has 1 aromatic heterocycles. The fourth-order valence-electron chi connectivity index (χ4n) is 1.96. The van der Waals surface area contributed by atoms with Crippen LogP contribution in [0.5, 0.6) is 11.5 Å². The van der Waals surface area contributed by atoms with Crippen LogP contribution in [0.2, 0.25) is 0 Å². The van der Waals surface area contributed by atoms with Gasteiger partial charge >= 0.3 is 0 Å². The van der Waals surface area contributed by atoms with Gasteiger partial charge in [-0.1, -0.05) is 6.07 Å². The monoisotopic (exact) mass is 262 g/mol. The van der Waals surface area contributed by atoms with Gasteiger partial charge in [-0.05, 0) is 36.8 Å². The van der Waals surface area contributed by atoms with Crippen molar-refractivity contribution in [3.05, 3.63) is 47.4 Å². The molecule has 0 fully saturated rings. The third-order valence-electron chi connectivity index (χ3n) is 2.97. The minimum Gasteiger partial charge on any atom is -0.493 e. The van der Waals surface area contributed by atoms with Gasteiger partial charge in [0.1, 0.15) is 17.6 Å². The summed E-state index contributed by atoms with van der Waals surface area (Å²) in [6, 6.07) is 9.22. The fourth-order valence-corrected chi connectivity index (χ4v) is 1.96. The van der Waals surface area contributed by atoms with Gasteiger partial charge in [-0.25, -0.2) is 0 Å². The summed E-state index contributed by atoms with van der Waals surface area (Å²) in [7, 11) is 3.19. The van der Waals surface area contributed by atoms with E-state index in [1.54, 1.807) is 20.3 Å². The zero-order chi connectivity index (χ0) is 13.8. The van der Waals surface area contributed by atoms with Crippen molar-refractivity contribution in [3.8, 4) is 11.5 Å². The average Bonchev–Trinajstić information content (AvgIpc) is 2.85. The van der Waals surface area contributed by atoms with Gasteiger partial charge in [-0.2, -0.15) is 0 Å². The van der Waals surface area contributed by atoms with E-state index >= 15 is 0 Å². The lowest BCUT2D eigenvalue weighted by Gasteiger charge is -2.11. The van der Waals surface area contributed by atoms with Crippen molar-refractivity contribution < 1.29 is 19.0 Å². The first-order valence-electron chi connectivity index (χ1n) is 6.09. The largest absolute Gasteiger partial charge is 0.493 e. The highest BCUT2D eigenvalue weighted by Gasteiger charge is 2.14. The molecule has 0 saturated carbocycles. The Hall–Kier alpha value is -1.94. The Balaban J connectivity index is 2.14. The molecule has 102 valence electrons. The lowest BCUT2D eigenvalue weighted by molar-refractivity contribution is 0.148. The molecule has 2 aromatic rings. The first kappa shape index (κ1) is 13.5. The van der Waals surface area contributed by atoms with Gasteiger partial charge in [0.25, 0.3) is 0 Å². The molecule has 2 rings (SSSR count). The maximum Gasteiger partial charge on any atom is 0.160 e. The molecule has 1 heterocycles. The van der Waals surface area contributed by atoms with Crippen LogP contribution in [-0.4, -0.2) is 19.3 Å². The summed E-state index contributed by atoms with van der Waals surface area (Å²) in [5.74, 6) is 2.70. The molecule has 1 aromatic carbocycles. The van der Waals surface area contributed by atoms with Crippen molar-refractivity contribution in [2.24, 2.45) is 0 Å². The topological polar surface area (TPSA) is 51.8 Å². The highest BCUT2D eigenvalue weighted by Crippen LogP contribution is 2.29. The second-order valence-corrected chi connectivity index (χ2v) is 4.36. The molecule has 0 amide bonds. The summed E-state index contributed by atoms with van der Waals surface area (Å²) < 4.78 is 15.8. The Morgan fingerprint density at radius 3 is 2.42 bits per heavy atom. The van der Waals surface area contributed by atoms with Gasteiger partial charge < -0.3 is 19.0 Å². The second kappa shape index (κ2) is 5.80. The minimum atomic E-state index is -0.660. The van der Waals surface area contributed by atoms with Crippen LogP contribution in [0.3, 0.4) is 0 Å². The lowest BCUT2D eigenvalue weighted by atomic mass is 10.1. The number of rotatable bonds is 5. The van der Waals surface area contributed by atoms with Crippen LogP contribution in [-0.2, 0) is 6.42 Å². The maximum atomic E-state index is 10.1. The number of hydrogen-bond donors (Lipinski definition) is 1. The Kier molecular flexibility index (Phi) is 4.12. The van der Waals surface area contributed by atoms with Crippen molar-refractivity contribution in [3.63, 3.8) is 0 Å². The normalized spacial score (nSPS) is 12.2. The molecule has 1 atom stereocenters. The number of hydrogen-bond acceptors (Lipinski definition) is 4. The van der Waals surface area contributed by atoms with Crippen LogP contribution in [0.25, 0.3) is 0 Å². The molecule has 0 aliphatic carbocycles. The molecule has 0 bridgehead atoms. The van der Waals surface area contributed by atoms with Gasteiger partial charge in [0, 0.05) is 6.42 Å². The summed E-state index contributed by atoms with van der Waals surface area (Å²) >= 11 is 0. The van der Waals surface area contributed by atoms with Gasteiger partial charge in [0.2, 0.25) is 0 Å². The number of methoxy groups -OCH3 is 2. The summed E-state index contributed by atoms with van der Waals surface area (Å²) in [6.07, 6.45) is -0.195. The summed E-state index contributed by atoms with van der Waals surface area (Å²) in [5, 5.41) is 10.1. The first-order chi connectivity index (χ1) is 9.13. The summed E-state index contributed by atoms with van der Waals surface area (Å²) in [6.45, 7) is 1.85. The van der Waals surface area contributed by atoms with E-state index in [-0.39, 0.29) is 0 Å². The Bertz CT molecular complexity index is 545. The van der Waals surface area contributed by atoms with Gasteiger partial charge in [0.15, 0.2) is 11.5 Å². The van der Waals surface area contributed by atoms with E-state index in [1.165, 1.54) is 0 Å². The molecule has 4 nitrogen and oxygen atoms in total. The third-order valence-corrected chi connectivity index (χ3v) is 2.97. The first-order valence-corrected chi connectivity index (χ1v) is 6.09. The van der Waals surface area contributed by atoms with E-state index in [2.05, 4.69) is 0 Å². The highest BCUT2D eigenvalue weighted by molar-refractivity contribution is 5.43. The molecular weight excluding hydrogens is 244 g/mol. The number of benzene rings is 1. The summed E-state index contributed by atoms with van der Waals surface area (Å²) in [5.41, 5.74) is 0.958. The van der Waals surface area contributed by atoms with Crippen LogP contribution in [0.1, 0.15) is 23.2 Å². The van der Waals surface area contributed by atoms with Crippen molar-refractivity contribution >= 4 is 0 Å². The molecule has 0 spiro atoms. The number of aliphatic hydroxyl groups excluding tert-OH is 1. The fraction of sp³-hybridized carbons (Fsp3) is 0.333. The number of aryl methyl sites for hydroxylation is 1. The molecule has 1 N–H and O–H groups in total. The predicted octanol–water partition coefficient (Wildman–Crippen LogP) is 2.88. The van der Waals surface area contributed by atoms with Crippen LogP contribution >= 0.6 is 0 Å². The van der Waals surface area contributed by atoms with Crippen LogP contribution < -0.4 is 9.47 Å². The lowest BCUT2D eigenvalue weighted by Crippen LogP contribution is -2.01. The molecule has 4 heteroatoms. The smallest absolute Gasteiger partial charge is 0.160 e. The zero-order valence-corrected chi connectivity index (χ0v) is 11.3. The summed E-state index contributed by atoms with van der Waals surface area (Å²) in [4.78, 5) is 0. The quantitative estimate of drug-likeness (QED) is 0.900. The third kappa shape index (κ3) is 3.09. The standard InChI is InChI=1S/C15H18O4/c1-10-4-6-13(19-10)12(16)8-11-5-7-14(17-2)15(9-11)18-3/h4-7,9,12,16H,8H2,1-3H3. The molecule has 0 aliphatic rings. The van der Waals surface area contributed by atoms with Crippen molar-refractivity contribution in [1.82, 2.24) is 0 Å².